The molecule has 0 saturated carbocycles. The highest BCUT2D eigenvalue weighted by molar-refractivity contribution is 7.92. The molecule has 0 spiro atoms. The number of rotatable bonds is 5. The summed E-state index contributed by atoms with van der Waals surface area (Å²) >= 11 is 5.85. The van der Waals surface area contributed by atoms with Gasteiger partial charge in [-0.3, -0.25) is 9.52 Å². The molecule has 1 aliphatic heterocycles. The molecule has 0 bridgehead atoms. The van der Waals surface area contributed by atoms with E-state index >= 15 is 0 Å². The van der Waals surface area contributed by atoms with Gasteiger partial charge in [-0.2, -0.15) is 0 Å². The first-order chi connectivity index (χ1) is 12.8. The summed E-state index contributed by atoms with van der Waals surface area (Å²) in [5.41, 5.74) is 7.39. The molecule has 0 aliphatic carbocycles. The van der Waals surface area contributed by atoms with E-state index in [1.54, 1.807) is 19.1 Å². The number of nitrogens with two attached hydrogens (primary N) is 1. The van der Waals surface area contributed by atoms with Gasteiger partial charge in [-0.05, 0) is 55.7 Å². The van der Waals surface area contributed by atoms with E-state index in [2.05, 4.69) is 14.6 Å². The summed E-state index contributed by atoms with van der Waals surface area (Å²) in [5.74, 6) is -0.310. The molecule has 0 atom stereocenters. The van der Waals surface area contributed by atoms with Gasteiger partial charge in [-0.1, -0.05) is 11.6 Å². The van der Waals surface area contributed by atoms with Gasteiger partial charge in [-0.15, -0.1) is 0 Å². The quantitative estimate of drug-likeness (QED) is 0.739. The lowest BCUT2D eigenvalue weighted by Gasteiger charge is -2.32. The molecule has 1 aliphatic rings. The van der Waals surface area contributed by atoms with Crippen molar-refractivity contribution in [1.82, 2.24) is 4.98 Å². The number of aryl methyl sites for hydroxylation is 1. The van der Waals surface area contributed by atoms with Crippen LogP contribution in [0.2, 0.25) is 5.15 Å². The zero-order valence-corrected chi connectivity index (χ0v) is 16.4. The molecule has 1 amide bonds. The smallest absolute Gasteiger partial charge is 0.263 e. The highest BCUT2D eigenvalue weighted by atomic mass is 35.5. The SMILES string of the molecule is Cc1cc(S(=O)(=O)Nc2ccc(N3CCC(C(N)=O)CC3)cc2)cnc1Cl. The summed E-state index contributed by atoms with van der Waals surface area (Å²) < 4.78 is 27.5. The summed E-state index contributed by atoms with van der Waals surface area (Å²) in [6, 6.07) is 8.61. The molecule has 9 heteroatoms. The maximum Gasteiger partial charge on any atom is 0.263 e. The first-order valence-electron chi connectivity index (χ1n) is 8.55. The van der Waals surface area contributed by atoms with Crippen molar-refractivity contribution in [3.63, 3.8) is 0 Å². The Hall–Kier alpha value is -2.32. The minimum atomic E-state index is -3.74. The molecular weight excluding hydrogens is 388 g/mol. The highest BCUT2D eigenvalue weighted by Crippen LogP contribution is 2.25. The summed E-state index contributed by atoms with van der Waals surface area (Å²) in [5, 5.41) is 0.276. The van der Waals surface area contributed by atoms with Gasteiger partial charge in [0.15, 0.2) is 0 Å². The van der Waals surface area contributed by atoms with Crippen molar-refractivity contribution in [3.05, 3.63) is 47.2 Å². The number of primary amides is 1. The molecule has 1 saturated heterocycles. The molecule has 2 heterocycles. The molecule has 3 N–H and O–H groups in total. The number of hydrogen-bond donors (Lipinski definition) is 2. The molecule has 7 nitrogen and oxygen atoms in total. The normalized spacial score (nSPS) is 15.6. The number of aromatic nitrogens is 1. The summed E-state index contributed by atoms with van der Waals surface area (Å²) in [6.07, 6.45) is 2.69. The van der Waals surface area contributed by atoms with E-state index in [1.807, 2.05) is 12.1 Å². The molecule has 144 valence electrons. The van der Waals surface area contributed by atoms with E-state index < -0.39 is 10.0 Å². The van der Waals surface area contributed by atoms with E-state index in [-0.39, 0.29) is 21.9 Å². The van der Waals surface area contributed by atoms with Gasteiger partial charge in [-0.25, -0.2) is 13.4 Å². The van der Waals surface area contributed by atoms with Crippen molar-refractivity contribution in [2.75, 3.05) is 22.7 Å². The number of nitrogens with one attached hydrogen (secondary N) is 1. The number of carbonyl (C=O) groups excluding carboxylic acids is 1. The number of anilines is 2. The topological polar surface area (TPSA) is 105 Å². The van der Waals surface area contributed by atoms with Crippen LogP contribution in [0.5, 0.6) is 0 Å². The number of sulfonamides is 1. The molecule has 0 radical (unpaired) electrons. The first kappa shape index (κ1) is 19.4. The van der Waals surface area contributed by atoms with Crippen molar-refractivity contribution < 1.29 is 13.2 Å². The third kappa shape index (κ3) is 4.51. The standard InChI is InChI=1S/C18H21ClN4O3S/c1-12-10-16(11-21-17(12)19)27(25,26)22-14-2-4-15(5-3-14)23-8-6-13(7-9-23)18(20)24/h2-5,10-11,13,22H,6-9H2,1H3,(H2,20,24). The number of pyridine rings is 1. The van der Waals surface area contributed by atoms with Crippen molar-refractivity contribution >= 4 is 38.9 Å². The van der Waals surface area contributed by atoms with Crippen LogP contribution in [0.4, 0.5) is 11.4 Å². The lowest BCUT2D eigenvalue weighted by atomic mass is 9.96. The molecule has 1 aromatic carbocycles. The molecule has 3 rings (SSSR count). The highest BCUT2D eigenvalue weighted by Gasteiger charge is 2.23. The van der Waals surface area contributed by atoms with Crippen LogP contribution in [-0.2, 0) is 14.8 Å². The van der Waals surface area contributed by atoms with Gasteiger partial charge >= 0.3 is 0 Å². The monoisotopic (exact) mass is 408 g/mol. The van der Waals surface area contributed by atoms with Gasteiger partial charge in [0, 0.05) is 36.6 Å². The first-order valence-corrected chi connectivity index (χ1v) is 10.4. The number of nitrogens with zero attached hydrogens (tertiary/aromatic N) is 2. The zero-order chi connectivity index (χ0) is 19.6. The zero-order valence-electron chi connectivity index (χ0n) is 14.9. The van der Waals surface area contributed by atoms with Gasteiger partial charge in [0.25, 0.3) is 10.0 Å². The van der Waals surface area contributed by atoms with Crippen LogP contribution in [0.3, 0.4) is 0 Å². The van der Waals surface area contributed by atoms with Crippen LogP contribution in [-0.4, -0.2) is 32.4 Å². The van der Waals surface area contributed by atoms with E-state index in [0.29, 0.717) is 11.3 Å². The number of piperidine rings is 1. The molecular formula is C18H21ClN4O3S. The number of carbonyl (C=O) groups is 1. The van der Waals surface area contributed by atoms with E-state index in [1.165, 1.54) is 12.3 Å². The Kier molecular flexibility index (Phi) is 5.57. The number of benzene rings is 1. The average Bonchev–Trinajstić information content (AvgIpc) is 2.64. The van der Waals surface area contributed by atoms with E-state index in [4.69, 9.17) is 17.3 Å². The van der Waals surface area contributed by atoms with Crippen molar-refractivity contribution in [3.8, 4) is 0 Å². The molecule has 2 aromatic rings. The Bertz CT molecular complexity index is 940. The van der Waals surface area contributed by atoms with Crippen LogP contribution in [0.1, 0.15) is 18.4 Å². The van der Waals surface area contributed by atoms with Gasteiger partial charge < -0.3 is 10.6 Å². The Morgan fingerprint density at radius 3 is 2.44 bits per heavy atom. The van der Waals surface area contributed by atoms with Crippen LogP contribution in [0.15, 0.2) is 41.4 Å². The van der Waals surface area contributed by atoms with Crippen molar-refractivity contribution in [1.29, 1.82) is 0 Å². The van der Waals surface area contributed by atoms with Crippen LogP contribution in [0, 0.1) is 12.8 Å². The third-order valence-corrected chi connectivity index (χ3v) is 6.43. The average molecular weight is 409 g/mol. The van der Waals surface area contributed by atoms with Crippen LogP contribution in [0.25, 0.3) is 0 Å². The predicted octanol–water partition coefficient (Wildman–Crippen LogP) is 2.55. The van der Waals surface area contributed by atoms with Crippen LogP contribution >= 0.6 is 11.6 Å². The van der Waals surface area contributed by atoms with Crippen molar-refractivity contribution in [2.24, 2.45) is 11.7 Å². The molecule has 27 heavy (non-hydrogen) atoms. The maximum absolute atomic E-state index is 12.5. The van der Waals surface area contributed by atoms with Gasteiger partial charge in [0.2, 0.25) is 5.91 Å². The fourth-order valence-electron chi connectivity index (χ4n) is 3.06. The second kappa shape index (κ2) is 7.74. The number of halogens is 1. The molecule has 1 fully saturated rings. The minimum Gasteiger partial charge on any atom is -0.371 e. The van der Waals surface area contributed by atoms with Crippen molar-refractivity contribution in [2.45, 2.75) is 24.7 Å². The molecule has 1 aromatic heterocycles. The van der Waals surface area contributed by atoms with E-state index in [9.17, 15) is 13.2 Å². The fourth-order valence-corrected chi connectivity index (χ4v) is 4.25. The number of amides is 1. The fraction of sp³-hybridized carbons (Fsp3) is 0.333. The second-order valence-corrected chi connectivity index (χ2v) is 8.64. The third-order valence-electron chi connectivity index (χ3n) is 4.68. The maximum atomic E-state index is 12.5. The van der Waals surface area contributed by atoms with Gasteiger partial charge in [0.1, 0.15) is 10.0 Å². The predicted molar refractivity (Wildman–Crippen MR) is 105 cm³/mol. The minimum absolute atomic E-state index is 0.0574. The Morgan fingerprint density at radius 2 is 1.89 bits per heavy atom. The van der Waals surface area contributed by atoms with Gasteiger partial charge in [0.05, 0.1) is 0 Å². The molecule has 0 unspecified atom stereocenters. The lowest BCUT2D eigenvalue weighted by molar-refractivity contribution is -0.122. The second-order valence-electron chi connectivity index (χ2n) is 6.59. The lowest BCUT2D eigenvalue weighted by Crippen LogP contribution is -2.38. The summed E-state index contributed by atoms with van der Waals surface area (Å²) in [6.45, 7) is 3.19. The summed E-state index contributed by atoms with van der Waals surface area (Å²) in [4.78, 5) is 17.4. The Labute approximate surface area is 163 Å². The largest absolute Gasteiger partial charge is 0.371 e. The Balaban J connectivity index is 1.68. The number of hydrogen-bond acceptors (Lipinski definition) is 5. The Morgan fingerprint density at radius 1 is 1.26 bits per heavy atom. The summed E-state index contributed by atoms with van der Waals surface area (Å²) in [7, 11) is -3.74. The van der Waals surface area contributed by atoms with Crippen LogP contribution < -0.4 is 15.4 Å². The van der Waals surface area contributed by atoms with E-state index in [0.717, 1.165) is 31.6 Å².